The van der Waals surface area contributed by atoms with Gasteiger partial charge in [-0.2, -0.15) is 0 Å². The van der Waals surface area contributed by atoms with Crippen molar-refractivity contribution in [2.75, 3.05) is 5.73 Å². The van der Waals surface area contributed by atoms with E-state index in [4.69, 9.17) is 5.73 Å². The van der Waals surface area contributed by atoms with Crippen molar-refractivity contribution in [1.29, 1.82) is 0 Å². The molecule has 0 fully saturated rings. The zero-order valence-corrected chi connectivity index (χ0v) is 9.49. The fourth-order valence-corrected chi connectivity index (χ4v) is 1.71. The fourth-order valence-electron chi connectivity index (χ4n) is 1.71. The number of nitrogen functional groups attached to an aromatic ring is 1. The van der Waals surface area contributed by atoms with Crippen LogP contribution in [-0.2, 0) is 6.42 Å². The largest absolute Gasteiger partial charge is 0.396 e. The summed E-state index contributed by atoms with van der Waals surface area (Å²) in [5.41, 5.74) is 8.80. The Hall–Kier alpha value is -1.51. The van der Waals surface area contributed by atoms with Crippen LogP contribution in [0.25, 0.3) is 5.65 Å². The molecule has 80 valence electrons. The number of rotatable bonds is 1. The number of pyridine rings is 1. The Balaban J connectivity index is 2.44. The van der Waals surface area contributed by atoms with Gasteiger partial charge in [0.05, 0.1) is 11.4 Å². The zero-order valence-electron chi connectivity index (χ0n) is 9.49. The molecule has 3 heteroatoms. The summed E-state index contributed by atoms with van der Waals surface area (Å²) in [6.45, 7) is 6.63. The first-order valence-corrected chi connectivity index (χ1v) is 5.18. The minimum absolute atomic E-state index is 0.257. The summed E-state index contributed by atoms with van der Waals surface area (Å²) >= 11 is 0. The number of nitrogens with zero attached hydrogens (tertiary/aromatic N) is 2. The lowest BCUT2D eigenvalue weighted by Gasteiger charge is -2.15. The quantitative estimate of drug-likeness (QED) is 0.773. The van der Waals surface area contributed by atoms with Gasteiger partial charge in [0, 0.05) is 12.4 Å². The van der Waals surface area contributed by atoms with Crippen molar-refractivity contribution < 1.29 is 0 Å². The standard InChI is InChI=1S/C12H17N3/c1-12(2,3)7-9-8-15-6-4-5-10(13)11(15)14-9/h4-6,8H,7,13H2,1-3H3. The van der Waals surface area contributed by atoms with E-state index in [-0.39, 0.29) is 5.41 Å². The maximum Gasteiger partial charge on any atom is 0.160 e. The number of fused-ring (bicyclic) bond motifs is 1. The van der Waals surface area contributed by atoms with Gasteiger partial charge >= 0.3 is 0 Å². The van der Waals surface area contributed by atoms with E-state index in [0.717, 1.165) is 23.4 Å². The SMILES string of the molecule is CC(C)(C)Cc1cn2cccc(N)c2n1. The van der Waals surface area contributed by atoms with E-state index in [1.165, 1.54) is 0 Å². The summed E-state index contributed by atoms with van der Waals surface area (Å²) in [7, 11) is 0. The van der Waals surface area contributed by atoms with Gasteiger partial charge in [-0.05, 0) is 24.0 Å². The summed E-state index contributed by atoms with van der Waals surface area (Å²) in [5.74, 6) is 0. The molecule has 2 rings (SSSR count). The summed E-state index contributed by atoms with van der Waals surface area (Å²) < 4.78 is 1.98. The van der Waals surface area contributed by atoms with Crippen LogP contribution in [0.1, 0.15) is 26.5 Å². The van der Waals surface area contributed by atoms with E-state index in [2.05, 4.69) is 32.0 Å². The van der Waals surface area contributed by atoms with Crippen LogP contribution in [0.3, 0.4) is 0 Å². The molecule has 0 aromatic carbocycles. The summed E-state index contributed by atoms with van der Waals surface area (Å²) in [6.07, 6.45) is 5.00. The molecule has 2 aromatic rings. The third-order valence-electron chi connectivity index (χ3n) is 2.27. The van der Waals surface area contributed by atoms with Crippen LogP contribution in [0.5, 0.6) is 0 Å². The van der Waals surface area contributed by atoms with Crippen molar-refractivity contribution in [2.24, 2.45) is 5.41 Å². The highest BCUT2D eigenvalue weighted by Crippen LogP contribution is 2.21. The Morgan fingerprint density at radius 3 is 2.73 bits per heavy atom. The van der Waals surface area contributed by atoms with E-state index >= 15 is 0 Å². The molecule has 0 saturated carbocycles. The highest BCUT2D eigenvalue weighted by molar-refractivity contribution is 5.64. The molecule has 0 aliphatic heterocycles. The van der Waals surface area contributed by atoms with Crippen molar-refractivity contribution >= 4 is 11.3 Å². The maximum absolute atomic E-state index is 5.85. The molecule has 0 amide bonds. The van der Waals surface area contributed by atoms with Gasteiger partial charge in [0.1, 0.15) is 0 Å². The van der Waals surface area contributed by atoms with Gasteiger partial charge in [-0.1, -0.05) is 20.8 Å². The molecule has 15 heavy (non-hydrogen) atoms. The van der Waals surface area contributed by atoms with Gasteiger partial charge < -0.3 is 10.1 Å². The molecule has 0 aliphatic carbocycles. The van der Waals surface area contributed by atoms with Crippen molar-refractivity contribution in [1.82, 2.24) is 9.38 Å². The predicted octanol–water partition coefficient (Wildman–Crippen LogP) is 2.51. The molecule has 0 atom stereocenters. The molecule has 0 bridgehead atoms. The summed E-state index contributed by atoms with van der Waals surface area (Å²) in [5, 5.41) is 0. The number of hydrogen-bond donors (Lipinski definition) is 1. The Labute approximate surface area is 89.9 Å². The van der Waals surface area contributed by atoms with Gasteiger partial charge in [0.25, 0.3) is 0 Å². The van der Waals surface area contributed by atoms with Crippen molar-refractivity contribution in [3.8, 4) is 0 Å². The second-order valence-electron chi connectivity index (χ2n) is 5.16. The van der Waals surface area contributed by atoms with E-state index < -0.39 is 0 Å². The predicted molar refractivity (Wildman–Crippen MR) is 62.8 cm³/mol. The first kappa shape index (κ1) is 10.0. The van der Waals surface area contributed by atoms with Crippen LogP contribution in [0.2, 0.25) is 0 Å². The number of hydrogen-bond acceptors (Lipinski definition) is 2. The van der Waals surface area contributed by atoms with E-state index in [0.29, 0.717) is 0 Å². The second-order valence-corrected chi connectivity index (χ2v) is 5.16. The van der Waals surface area contributed by atoms with Crippen LogP contribution in [-0.4, -0.2) is 9.38 Å². The lowest BCUT2D eigenvalue weighted by atomic mass is 9.91. The third-order valence-corrected chi connectivity index (χ3v) is 2.27. The molecule has 2 heterocycles. The molecular formula is C12H17N3. The number of aromatic nitrogens is 2. The van der Waals surface area contributed by atoms with Gasteiger partial charge in [0.15, 0.2) is 5.65 Å². The van der Waals surface area contributed by atoms with E-state index in [1.54, 1.807) is 0 Å². The Morgan fingerprint density at radius 1 is 1.40 bits per heavy atom. The minimum Gasteiger partial charge on any atom is -0.396 e. The van der Waals surface area contributed by atoms with Crippen LogP contribution in [0, 0.1) is 5.41 Å². The smallest absolute Gasteiger partial charge is 0.160 e. The zero-order chi connectivity index (χ0) is 11.1. The third kappa shape index (κ3) is 2.12. The van der Waals surface area contributed by atoms with Gasteiger partial charge in [-0.25, -0.2) is 4.98 Å². The van der Waals surface area contributed by atoms with Crippen molar-refractivity contribution in [3.05, 3.63) is 30.2 Å². The van der Waals surface area contributed by atoms with Crippen molar-refractivity contribution in [3.63, 3.8) is 0 Å². The lowest BCUT2D eigenvalue weighted by Crippen LogP contribution is -2.09. The lowest BCUT2D eigenvalue weighted by molar-refractivity contribution is 0.407. The first-order chi connectivity index (χ1) is 6.96. The van der Waals surface area contributed by atoms with Gasteiger partial charge in [-0.3, -0.25) is 0 Å². The first-order valence-electron chi connectivity index (χ1n) is 5.18. The molecule has 2 N–H and O–H groups in total. The second kappa shape index (κ2) is 3.26. The molecule has 2 aromatic heterocycles. The molecule has 0 aliphatic rings. The van der Waals surface area contributed by atoms with Crippen LogP contribution >= 0.6 is 0 Å². The average molecular weight is 203 g/mol. The molecule has 0 spiro atoms. The number of anilines is 1. The van der Waals surface area contributed by atoms with Crippen LogP contribution in [0.4, 0.5) is 5.69 Å². The normalized spacial score (nSPS) is 12.2. The van der Waals surface area contributed by atoms with Crippen molar-refractivity contribution in [2.45, 2.75) is 27.2 Å². The van der Waals surface area contributed by atoms with E-state index in [1.807, 2.05) is 22.7 Å². The monoisotopic (exact) mass is 203 g/mol. The molecule has 0 unspecified atom stereocenters. The number of nitrogens with two attached hydrogens (primary N) is 1. The fraction of sp³-hybridized carbons (Fsp3) is 0.417. The maximum atomic E-state index is 5.85. The summed E-state index contributed by atoms with van der Waals surface area (Å²) in [4.78, 5) is 4.54. The Bertz CT molecular complexity index is 477. The highest BCUT2D eigenvalue weighted by atomic mass is 15.0. The molecule has 0 radical (unpaired) electrons. The Morgan fingerprint density at radius 2 is 2.13 bits per heavy atom. The van der Waals surface area contributed by atoms with E-state index in [9.17, 15) is 0 Å². The molecule has 3 nitrogen and oxygen atoms in total. The molecule has 0 saturated heterocycles. The van der Waals surface area contributed by atoms with Crippen LogP contribution in [0.15, 0.2) is 24.5 Å². The van der Waals surface area contributed by atoms with Gasteiger partial charge in [0.2, 0.25) is 0 Å². The minimum atomic E-state index is 0.257. The average Bonchev–Trinajstić information content (AvgIpc) is 2.45. The Kier molecular flexibility index (Phi) is 2.18. The van der Waals surface area contributed by atoms with Crippen LogP contribution < -0.4 is 5.73 Å². The topological polar surface area (TPSA) is 43.3 Å². The highest BCUT2D eigenvalue weighted by Gasteiger charge is 2.14. The number of imidazole rings is 1. The van der Waals surface area contributed by atoms with Gasteiger partial charge in [-0.15, -0.1) is 0 Å². The molecular weight excluding hydrogens is 186 g/mol. The summed E-state index contributed by atoms with van der Waals surface area (Å²) in [6, 6.07) is 3.81.